The molecule has 2 unspecified atom stereocenters. The molecule has 4 aromatic rings. The third-order valence-corrected chi connectivity index (χ3v) is 10.2. The predicted octanol–water partition coefficient (Wildman–Crippen LogP) is 6.34. The molecule has 44 heavy (non-hydrogen) atoms. The van der Waals surface area contributed by atoms with E-state index in [-0.39, 0.29) is 23.7 Å². The van der Waals surface area contributed by atoms with E-state index in [1.807, 2.05) is 48.5 Å². The van der Waals surface area contributed by atoms with E-state index in [1.165, 1.54) is 48.4 Å². The first-order chi connectivity index (χ1) is 21.5. The number of aromatic nitrogens is 4. The van der Waals surface area contributed by atoms with Crippen molar-refractivity contribution in [2.24, 2.45) is 0 Å². The van der Waals surface area contributed by atoms with Gasteiger partial charge in [0.25, 0.3) is 0 Å². The fraction of sp³-hybridized carbons (Fsp3) is 0.438. The van der Waals surface area contributed by atoms with E-state index < -0.39 is 0 Å². The lowest BCUT2D eigenvalue weighted by atomic mass is 9.82. The van der Waals surface area contributed by atoms with Crippen LogP contribution in [0.25, 0.3) is 0 Å². The van der Waals surface area contributed by atoms with Crippen LogP contribution in [0.15, 0.2) is 48.5 Å². The molecule has 0 spiro atoms. The standard InChI is InChI=1S/C32H36N8O2S2/c41-27(16-19-4-1-8-25(14-19)33-23-10-11-23)35-31-39-37-29(43-31)21-6-3-7-22(18-21)30-38-40-32(44-30)36-28(42)17-20-5-2-9-26(15-20)34-24-12-13-24/h1-2,4-5,8-9,14-15,21-24,33-34H,3,6-7,10-13,16-18H2,(H,35,39,41)(H,36,40,42). The summed E-state index contributed by atoms with van der Waals surface area (Å²) in [5.74, 6) is 0.314. The summed E-state index contributed by atoms with van der Waals surface area (Å²) < 4.78 is 0. The van der Waals surface area contributed by atoms with Crippen LogP contribution >= 0.6 is 22.7 Å². The Kier molecular flexibility index (Phi) is 8.52. The molecule has 3 aliphatic carbocycles. The molecule has 0 bridgehead atoms. The van der Waals surface area contributed by atoms with Crippen LogP contribution in [-0.2, 0) is 22.4 Å². The molecule has 228 valence electrons. The second-order valence-electron chi connectivity index (χ2n) is 12.1. The van der Waals surface area contributed by atoms with E-state index in [9.17, 15) is 9.59 Å². The average molecular weight is 629 g/mol. The molecule has 2 amide bonds. The van der Waals surface area contributed by atoms with Crippen molar-refractivity contribution in [3.63, 3.8) is 0 Å². The SMILES string of the molecule is O=C(Cc1cccc(NC2CC2)c1)Nc1nnc(C2CCCC(c3nnc(NC(=O)Cc4cccc(NC5CC5)c4)s3)C2)s1. The Morgan fingerprint density at radius 1 is 0.659 bits per heavy atom. The Morgan fingerprint density at radius 3 is 1.59 bits per heavy atom. The molecule has 3 saturated carbocycles. The Hall–Kier alpha value is -3.90. The monoisotopic (exact) mass is 628 g/mol. The van der Waals surface area contributed by atoms with Gasteiger partial charge in [0.15, 0.2) is 0 Å². The second-order valence-corrected chi connectivity index (χ2v) is 14.2. The molecule has 4 N–H and O–H groups in total. The van der Waals surface area contributed by atoms with Crippen molar-refractivity contribution >= 4 is 56.1 Å². The lowest BCUT2D eigenvalue weighted by molar-refractivity contribution is -0.116. The molecular weight excluding hydrogens is 593 g/mol. The Morgan fingerprint density at radius 2 is 1.14 bits per heavy atom. The zero-order valence-electron chi connectivity index (χ0n) is 24.4. The van der Waals surface area contributed by atoms with Crippen LogP contribution in [0.1, 0.15) is 84.3 Å². The molecule has 10 nitrogen and oxygen atoms in total. The molecule has 12 heteroatoms. The van der Waals surface area contributed by atoms with Gasteiger partial charge in [-0.15, -0.1) is 20.4 Å². The molecule has 7 rings (SSSR count). The van der Waals surface area contributed by atoms with Crippen LogP contribution in [-0.4, -0.2) is 44.3 Å². The van der Waals surface area contributed by atoms with Gasteiger partial charge in [0.2, 0.25) is 22.1 Å². The number of benzene rings is 2. The first-order valence-corrected chi connectivity index (χ1v) is 17.1. The summed E-state index contributed by atoms with van der Waals surface area (Å²) >= 11 is 2.91. The van der Waals surface area contributed by atoms with Gasteiger partial charge in [-0.3, -0.25) is 9.59 Å². The number of carbonyl (C=O) groups is 2. The fourth-order valence-corrected chi connectivity index (χ4v) is 7.52. The summed E-state index contributed by atoms with van der Waals surface area (Å²) in [6.45, 7) is 0. The highest BCUT2D eigenvalue weighted by Gasteiger charge is 2.30. The summed E-state index contributed by atoms with van der Waals surface area (Å²) in [6.07, 6.45) is 9.41. The number of hydrogen-bond acceptors (Lipinski definition) is 10. The van der Waals surface area contributed by atoms with Crippen LogP contribution < -0.4 is 21.3 Å². The maximum absolute atomic E-state index is 12.7. The first kappa shape index (κ1) is 28.8. The van der Waals surface area contributed by atoms with E-state index >= 15 is 0 Å². The molecule has 2 heterocycles. The zero-order valence-corrected chi connectivity index (χ0v) is 26.1. The maximum Gasteiger partial charge on any atom is 0.230 e. The third kappa shape index (κ3) is 7.78. The van der Waals surface area contributed by atoms with Crippen LogP contribution in [0.4, 0.5) is 21.6 Å². The largest absolute Gasteiger partial charge is 0.382 e. The summed E-state index contributed by atoms with van der Waals surface area (Å²) in [7, 11) is 0. The van der Waals surface area contributed by atoms with Crippen molar-refractivity contribution in [1.82, 2.24) is 20.4 Å². The van der Waals surface area contributed by atoms with Crippen molar-refractivity contribution in [1.29, 1.82) is 0 Å². The highest BCUT2D eigenvalue weighted by atomic mass is 32.1. The number of carbonyl (C=O) groups excluding carboxylic acids is 2. The van der Waals surface area contributed by atoms with Gasteiger partial charge in [0, 0.05) is 35.3 Å². The van der Waals surface area contributed by atoms with Crippen molar-refractivity contribution in [2.45, 2.75) is 88.1 Å². The Bertz CT molecular complexity index is 1510. The lowest BCUT2D eigenvalue weighted by Crippen LogP contribution is -2.14. The lowest BCUT2D eigenvalue weighted by Gasteiger charge is -2.25. The summed E-state index contributed by atoms with van der Waals surface area (Å²) in [6, 6.07) is 17.2. The quantitative estimate of drug-likeness (QED) is 0.143. The highest BCUT2D eigenvalue weighted by Crippen LogP contribution is 2.43. The number of anilines is 4. The molecule has 3 aliphatic rings. The van der Waals surface area contributed by atoms with E-state index in [4.69, 9.17) is 0 Å². The summed E-state index contributed by atoms with van der Waals surface area (Å²) in [5.41, 5.74) is 4.07. The van der Waals surface area contributed by atoms with Gasteiger partial charge < -0.3 is 21.3 Å². The minimum atomic E-state index is -0.0936. The van der Waals surface area contributed by atoms with Crippen molar-refractivity contribution in [3.05, 3.63) is 69.7 Å². The molecule has 3 fully saturated rings. The molecular formula is C32H36N8O2S2. The van der Waals surface area contributed by atoms with E-state index in [2.05, 4.69) is 41.7 Å². The first-order valence-electron chi connectivity index (χ1n) is 15.5. The van der Waals surface area contributed by atoms with Gasteiger partial charge >= 0.3 is 0 Å². The molecule has 0 aliphatic heterocycles. The second kappa shape index (κ2) is 13.0. The van der Waals surface area contributed by atoms with Crippen LogP contribution in [0, 0.1) is 0 Å². The maximum atomic E-state index is 12.7. The number of nitrogens with zero attached hydrogens (tertiary/aromatic N) is 4. The smallest absolute Gasteiger partial charge is 0.230 e. The van der Waals surface area contributed by atoms with Crippen molar-refractivity contribution in [2.75, 3.05) is 21.3 Å². The van der Waals surface area contributed by atoms with Gasteiger partial charge in [0.1, 0.15) is 10.0 Å². The molecule has 2 atom stereocenters. The minimum absolute atomic E-state index is 0.0936. The molecule has 2 aromatic carbocycles. The van der Waals surface area contributed by atoms with Crippen molar-refractivity contribution in [3.8, 4) is 0 Å². The molecule has 0 radical (unpaired) electrons. The van der Waals surface area contributed by atoms with Crippen LogP contribution in [0.5, 0.6) is 0 Å². The van der Waals surface area contributed by atoms with Gasteiger partial charge in [-0.05, 0) is 80.3 Å². The van der Waals surface area contributed by atoms with E-state index in [1.54, 1.807) is 0 Å². The average Bonchev–Trinajstić information content (AvgIpc) is 3.91. The highest BCUT2D eigenvalue weighted by molar-refractivity contribution is 7.15. The van der Waals surface area contributed by atoms with Gasteiger partial charge in [-0.1, -0.05) is 53.4 Å². The normalized spacial score (nSPS) is 19.7. The van der Waals surface area contributed by atoms with E-state index in [0.29, 0.717) is 35.2 Å². The summed E-state index contributed by atoms with van der Waals surface area (Å²) in [4.78, 5) is 25.5. The fourth-order valence-electron chi connectivity index (χ4n) is 5.71. The van der Waals surface area contributed by atoms with Gasteiger partial charge in [-0.2, -0.15) is 0 Å². The Labute approximate surface area is 264 Å². The summed E-state index contributed by atoms with van der Waals surface area (Å²) in [5, 5.41) is 33.2. The third-order valence-electron chi connectivity index (χ3n) is 8.23. The molecule has 0 saturated heterocycles. The van der Waals surface area contributed by atoms with Crippen LogP contribution in [0.2, 0.25) is 0 Å². The van der Waals surface area contributed by atoms with Gasteiger partial charge in [-0.25, -0.2) is 0 Å². The van der Waals surface area contributed by atoms with Crippen molar-refractivity contribution < 1.29 is 9.59 Å². The number of amides is 2. The molecule has 2 aromatic heterocycles. The predicted molar refractivity (Wildman–Crippen MR) is 175 cm³/mol. The minimum Gasteiger partial charge on any atom is -0.382 e. The zero-order chi connectivity index (χ0) is 29.9. The Balaban J connectivity index is 0.905. The number of hydrogen-bond donors (Lipinski definition) is 4. The van der Waals surface area contributed by atoms with E-state index in [0.717, 1.165) is 58.2 Å². The topological polar surface area (TPSA) is 134 Å². The van der Waals surface area contributed by atoms with Gasteiger partial charge in [0.05, 0.1) is 12.8 Å². The van der Waals surface area contributed by atoms with Crippen LogP contribution in [0.3, 0.4) is 0 Å². The number of rotatable bonds is 12. The number of nitrogens with one attached hydrogen (secondary N) is 4.